The number of halogens is 1. The zero-order valence-corrected chi connectivity index (χ0v) is 23.1. The van der Waals surface area contributed by atoms with E-state index in [0.717, 1.165) is 48.3 Å². The molecule has 0 bridgehead atoms. The number of carbonyl (C=O) groups excluding carboxylic acids is 2. The third-order valence-corrected chi connectivity index (χ3v) is 7.69. The highest BCUT2D eigenvalue weighted by atomic mass is 35.5. The van der Waals surface area contributed by atoms with Crippen molar-refractivity contribution < 1.29 is 14.3 Å². The standard InChI is InChI=1S/C28H37ClN4O4/c1-16(2)37-23-13-20(14-30-26(34)19-6-9-32(5)10-7-19)21-8-11-33(28(36)24(21)25(23)29)15-22-17(3)12-18(4)31-27(22)35/h12-13,16,19H,6-11,14-15H2,1-5H3,(H,30,34)(H,31,35). The van der Waals surface area contributed by atoms with Gasteiger partial charge in [-0.1, -0.05) is 11.6 Å². The fourth-order valence-corrected chi connectivity index (χ4v) is 5.55. The van der Waals surface area contributed by atoms with Crippen LogP contribution in [0.2, 0.25) is 5.02 Å². The molecule has 2 aliphatic heterocycles. The number of hydrogen-bond acceptors (Lipinski definition) is 5. The number of fused-ring (bicyclic) bond motifs is 1. The van der Waals surface area contributed by atoms with Crippen LogP contribution in [-0.4, -0.2) is 59.4 Å². The second-order valence-electron chi connectivity index (χ2n) is 10.6. The molecule has 3 heterocycles. The quantitative estimate of drug-likeness (QED) is 0.572. The Hall–Kier alpha value is -2.84. The largest absolute Gasteiger partial charge is 0.489 e. The van der Waals surface area contributed by atoms with Gasteiger partial charge < -0.3 is 24.8 Å². The predicted molar refractivity (Wildman–Crippen MR) is 144 cm³/mol. The van der Waals surface area contributed by atoms with Gasteiger partial charge in [0.1, 0.15) is 5.75 Å². The number of benzene rings is 1. The maximum atomic E-state index is 13.7. The van der Waals surface area contributed by atoms with Gasteiger partial charge in [0.2, 0.25) is 5.91 Å². The van der Waals surface area contributed by atoms with Crippen LogP contribution in [0.25, 0.3) is 0 Å². The van der Waals surface area contributed by atoms with Crippen LogP contribution in [0.5, 0.6) is 5.75 Å². The molecule has 200 valence electrons. The number of aromatic nitrogens is 1. The van der Waals surface area contributed by atoms with Crippen LogP contribution >= 0.6 is 11.6 Å². The van der Waals surface area contributed by atoms with Gasteiger partial charge in [-0.2, -0.15) is 0 Å². The number of aromatic amines is 1. The molecule has 1 aromatic heterocycles. The molecule has 0 radical (unpaired) electrons. The number of ether oxygens (including phenoxy) is 1. The third-order valence-electron chi connectivity index (χ3n) is 7.31. The second kappa shape index (κ2) is 11.3. The highest BCUT2D eigenvalue weighted by molar-refractivity contribution is 6.35. The Bertz CT molecular complexity index is 1250. The van der Waals surface area contributed by atoms with Crippen LogP contribution in [-0.2, 0) is 24.3 Å². The molecular formula is C28H37ClN4O4. The van der Waals surface area contributed by atoms with Gasteiger partial charge in [0.15, 0.2) is 0 Å². The fraction of sp³-hybridized carbons (Fsp3) is 0.536. The first-order chi connectivity index (χ1) is 17.5. The van der Waals surface area contributed by atoms with Gasteiger partial charge in [-0.15, -0.1) is 0 Å². The van der Waals surface area contributed by atoms with E-state index in [2.05, 4.69) is 22.2 Å². The first-order valence-electron chi connectivity index (χ1n) is 13.0. The molecule has 0 atom stereocenters. The average Bonchev–Trinajstić information content (AvgIpc) is 2.83. The number of nitrogens with zero attached hydrogens (tertiary/aromatic N) is 2. The second-order valence-corrected chi connectivity index (χ2v) is 11.0. The van der Waals surface area contributed by atoms with Crippen molar-refractivity contribution in [3.05, 3.63) is 61.0 Å². The summed E-state index contributed by atoms with van der Waals surface area (Å²) in [5.74, 6) is 0.237. The number of H-pyrrole nitrogens is 1. The summed E-state index contributed by atoms with van der Waals surface area (Å²) >= 11 is 6.75. The number of aryl methyl sites for hydroxylation is 2. The van der Waals surface area contributed by atoms with Gasteiger partial charge in [0.05, 0.1) is 23.2 Å². The first-order valence-corrected chi connectivity index (χ1v) is 13.4. The van der Waals surface area contributed by atoms with E-state index in [0.29, 0.717) is 36.4 Å². The smallest absolute Gasteiger partial charge is 0.256 e. The minimum absolute atomic E-state index is 0.00123. The Morgan fingerprint density at radius 1 is 1.19 bits per heavy atom. The molecule has 1 saturated heterocycles. The van der Waals surface area contributed by atoms with E-state index in [1.807, 2.05) is 39.8 Å². The van der Waals surface area contributed by atoms with Crippen molar-refractivity contribution in [2.24, 2.45) is 5.92 Å². The van der Waals surface area contributed by atoms with Crippen LogP contribution < -0.4 is 15.6 Å². The topological polar surface area (TPSA) is 94.7 Å². The Morgan fingerprint density at radius 2 is 1.89 bits per heavy atom. The molecule has 0 spiro atoms. The van der Waals surface area contributed by atoms with Crippen molar-refractivity contribution in [1.29, 1.82) is 0 Å². The van der Waals surface area contributed by atoms with E-state index < -0.39 is 0 Å². The maximum absolute atomic E-state index is 13.7. The maximum Gasteiger partial charge on any atom is 0.256 e. The van der Waals surface area contributed by atoms with Gasteiger partial charge in [0, 0.05) is 30.3 Å². The average molecular weight is 529 g/mol. The monoisotopic (exact) mass is 528 g/mol. The van der Waals surface area contributed by atoms with Crippen LogP contribution in [0.1, 0.15) is 65.0 Å². The summed E-state index contributed by atoms with van der Waals surface area (Å²) in [6.07, 6.45) is 2.12. The van der Waals surface area contributed by atoms with Crippen LogP contribution in [0.3, 0.4) is 0 Å². The molecule has 37 heavy (non-hydrogen) atoms. The van der Waals surface area contributed by atoms with Crippen molar-refractivity contribution in [3.63, 3.8) is 0 Å². The number of hydrogen-bond donors (Lipinski definition) is 2. The number of nitrogens with one attached hydrogen (secondary N) is 2. The van der Waals surface area contributed by atoms with E-state index in [4.69, 9.17) is 16.3 Å². The zero-order valence-electron chi connectivity index (χ0n) is 22.4. The molecule has 2 aromatic rings. The minimum Gasteiger partial charge on any atom is -0.489 e. The summed E-state index contributed by atoms with van der Waals surface area (Å²) in [6.45, 7) is 10.3. The van der Waals surface area contributed by atoms with Gasteiger partial charge in [-0.05, 0) is 95.9 Å². The lowest BCUT2D eigenvalue weighted by atomic mass is 9.92. The lowest BCUT2D eigenvalue weighted by Crippen LogP contribution is -2.40. The zero-order chi connectivity index (χ0) is 26.9. The Balaban J connectivity index is 1.61. The molecule has 0 saturated carbocycles. The number of amides is 2. The fourth-order valence-electron chi connectivity index (χ4n) is 5.25. The number of piperidine rings is 1. The lowest BCUT2D eigenvalue weighted by molar-refractivity contribution is -0.126. The molecule has 0 unspecified atom stereocenters. The van der Waals surface area contributed by atoms with Gasteiger partial charge in [-0.25, -0.2) is 0 Å². The Kier molecular flexibility index (Phi) is 8.29. The molecule has 8 nitrogen and oxygen atoms in total. The Morgan fingerprint density at radius 3 is 2.54 bits per heavy atom. The SMILES string of the molecule is Cc1cc(C)c(CN2CCc3c(CNC(=O)C4CCN(C)CC4)cc(OC(C)C)c(Cl)c3C2=O)c(=O)[nH]1. The van der Waals surface area contributed by atoms with Crippen molar-refractivity contribution in [1.82, 2.24) is 20.1 Å². The lowest BCUT2D eigenvalue weighted by Gasteiger charge is -2.32. The molecule has 4 rings (SSSR count). The van der Waals surface area contributed by atoms with E-state index in [1.54, 1.807) is 4.90 Å². The summed E-state index contributed by atoms with van der Waals surface area (Å²) in [5, 5.41) is 3.37. The van der Waals surface area contributed by atoms with Gasteiger partial charge in [-0.3, -0.25) is 14.4 Å². The van der Waals surface area contributed by atoms with Gasteiger partial charge in [0.25, 0.3) is 11.5 Å². The van der Waals surface area contributed by atoms with Crippen molar-refractivity contribution in [2.45, 2.75) is 66.2 Å². The van der Waals surface area contributed by atoms with E-state index in [9.17, 15) is 14.4 Å². The number of pyridine rings is 1. The molecule has 2 N–H and O–H groups in total. The third kappa shape index (κ3) is 6.02. The summed E-state index contributed by atoms with van der Waals surface area (Å²) in [7, 11) is 2.07. The normalized spacial score (nSPS) is 16.7. The molecule has 9 heteroatoms. The van der Waals surface area contributed by atoms with Crippen LogP contribution in [0, 0.1) is 19.8 Å². The van der Waals surface area contributed by atoms with E-state index in [-0.39, 0.29) is 41.0 Å². The van der Waals surface area contributed by atoms with Crippen molar-refractivity contribution >= 4 is 23.4 Å². The van der Waals surface area contributed by atoms with Crippen LogP contribution in [0.15, 0.2) is 16.9 Å². The highest BCUT2D eigenvalue weighted by Gasteiger charge is 2.32. The molecule has 0 aliphatic carbocycles. The predicted octanol–water partition coefficient (Wildman–Crippen LogP) is 3.59. The number of likely N-dealkylation sites (tertiary alicyclic amines) is 1. The highest BCUT2D eigenvalue weighted by Crippen LogP contribution is 2.38. The number of carbonyl (C=O) groups is 2. The van der Waals surface area contributed by atoms with Crippen molar-refractivity contribution in [2.75, 3.05) is 26.7 Å². The molecule has 1 aromatic carbocycles. The Labute approximate surface area is 223 Å². The minimum atomic E-state index is -0.234. The van der Waals surface area contributed by atoms with Crippen LogP contribution in [0.4, 0.5) is 0 Å². The molecule has 2 aliphatic rings. The number of rotatable bonds is 7. The summed E-state index contributed by atoms with van der Waals surface area (Å²) in [4.78, 5) is 45.9. The molecule has 2 amide bonds. The molecule has 1 fully saturated rings. The van der Waals surface area contributed by atoms with Gasteiger partial charge >= 0.3 is 0 Å². The summed E-state index contributed by atoms with van der Waals surface area (Å²) < 4.78 is 5.96. The van der Waals surface area contributed by atoms with E-state index in [1.165, 1.54) is 0 Å². The van der Waals surface area contributed by atoms with E-state index >= 15 is 0 Å². The summed E-state index contributed by atoms with van der Waals surface area (Å²) in [5.41, 5.74) is 4.09. The summed E-state index contributed by atoms with van der Waals surface area (Å²) in [6, 6.07) is 3.76. The first kappa shape index (κ1) is 27.2. The molecular weight excluding hydrogens is 492 g/mol. The van der Waals surface area contributed by atoms with Crippen molar-refractivity contribution in [3.8, 4) is 5.75 Å².